The fourth-order valence-corrected chi connectivity index (χ4v) is 4.40. The minimum atomic E-state index is -2.48. The molecule has 5 heteroatoms. The molecule has 0 unspecified atom stereocenters. The SMILES string of the molecule is CCO[Si](CCCCC(C)=O)(OCC)OCC. The van der Waals surface area contributed by atoms with Gasteiger partial charge in [-0.15, -0.1) is 0 Å². The van der Waals surface area contributed by atoms with Gasteiger partial charge in [0.25, 0.3) is 0 Å². The van der Waals surface area contributed by atoms with Gasteiger partial charge >= 0.3 is 8.80 Å². The van der Waals surface area contributed by atoms with E-state index in [0.29, 0.717) is 26.2 Å². The third-order valence-electron chi connectivity index (χ3n) is 2.35. The zero-order valence-electron chi connectivity index (χ0n) is 11.6. The fourth-order valence-electron chi connectivity index (χ4n) is 1.72. The van der Waals surface area contributed by atoms with Crippen LogP contribution in [-0.2, 0) is 18.1 Å². The molecule has 0 radical (unpaired) electrons. The Hall–Kier alpha value is -0.233. The maximum atomic E-state index is 10.9. The van der Waals surface area contributed by atoms with Crippen LogP contribution in [0.2, 0.25) is 6.04 Å². The van der Waals surface area contributed by atoms with Gasteiger partial charge in [0.05, 0.1) is 0 Å². The van der Waals surface area contributed by atoms with Gasteiger partial charge in [0, 0.05) is 32.3 Å². The number of Topliss-reactive ketones (excluding diaryl/α,β-unsaturated/α-hetero) is 1. The van der Waals surface area contributed by atoms with E-state index in [2.05, 4.69) is 0 Å². The fraction of sp³-hybridized carbons (Fsp3) is 0.917. The third-order valence-corrected chi connectivity index (χ3v) is 5.51. The summed E-state index contributed by atoms with van der Waals surface area (Å²) in [4.78, 5) is 10.9. The van der Waals surface area contributed by atoms with Crippen LogP contribution in [0.5, 0.6) is 0 Å². The molecule has 0 aliphatic heterocycles. The Morgan fingerprint density at radius 3 is 1.76 bits per heavy atom. The number of hydrogen-bond donors (Lipinski definition) is 0. The molecule has 0 fully saturated rings. The van der Waals surface area contributed by atoms with Gasteiger partial charge < -0.3 is 18.1 Å². The smallest absolute Gasteiger partial charge is 0.374 e. The van der Waals surface area contributed by atoms with E-state index < -0.39 is 8.80 Å². The molecule has 0 spiro atoms. The molecule has 0 atom stereocenters. The second-order valence-corrected chi connectivity index (χ2v) is 6.62. The summed E-state index contributed by atoms with van der Waals surface area (Å²) in [6, 6.07) is 0.801. The molecule has 0 N–H and O–H groups in total. The van der Waals surface area contributed by atoms with Gasteiger partial charge in [-0.3, -0.25) is 0 Å². The molecule has 0 heterocycles. The number of carbonyl (C=O) groups excluding carboxylic acids is 1. The van der Waals surface area contributed by atoms with Crippen LogP contribution in [0.25, 0.3) is 0 Å². The van der Waals surface area contributed by atoms with Gasteiger partial charge in [-0.2, -0.15) is 0 Å². The van der Waals surface area contributed by atoms with Gasteiger partial charge in [-0.05, 0) is 40.5 Å². The van der Waals surface area contributed by atoms with Crippen molar-refractivity contribution in [3.05, 3.63) is 0 Å². The Labute approximate surface area is 106 Å². The van der Waals surface area contributed by atoms with Crippen LogP contribution in [0, 0.1) is 0 Å². The molecular formula is C12H26O4Si. The lowest BCUT2D eigenvalue weighted by Gasteiger charge is -2.28. The van der Waals surface area contributed by atoms with Crippen molar-refractivity contribution in [1.82, 2.24) is 0 Å². The summed E-state index contributed by atoms with van der Waals surface area (Å²) in [6.07, 6.45) is 2.44. The van der Waals surface area contributed by atoms with Gasteiger partial charge in [0.2, 0.25) is 0 Å². The summed E-state index contributed by atoms with van der Waals surface area (Å²) < 4.78 is 17.2. The molecular weight excluding hydrogens is 236 g/mol. The molecule has 0 saturated carbocycles. The van der Waals surface area contributed by atoms with Crippen molar-refractivity contribution in [2.24, 2.45) is 0 Å². The van der Waals surface area contributed by atoms with E-state index in [1.165, 1.54) is 0 Å². The first kappa shape index (κ1) is 16.8. The van der Waals surface area contributed by atoms with Crippen molar-refractivity contribution >= 4 is 14.6 Å². The van der Waals surface area contributed by atoms with Gasteiger partial charge in [0.15, 0.2) is 0 Å². The van der Waals surface area contributed by atoms with E-state index in [1.807, 2.05) is 20.8 Å². The van der Waals surface area contributed by atoms with Crippen molar-refractivity contribution < 1.29 is 18.1 Å². The van der Waals surface area contributed by atoms with Gasteiger partial charge in [-0.25, -0.2) is 0 Å². The molecule has 0 aromatic heterocycles. The molecule has 17 heavy (non-hydrogen) atoms. The van der Waals surface area contributed by atoms with E-state index in [1.54, 1.807) is 6.92 Å². The van der Waals surface area contributed by atoms with E-state index in [4.69, 9.17) is 13.3 Å². The predicted octanol–water partition coefficient (Wildman–Crippen LogP) is 2.79. The average Bonchev–Trinajstić information content (AvgIpc) is 2.25. The highest BCUT2D eigenvalue weighted by Gasteiger charge is 2.39. The van der Waals surface area contributed by atoms with Crippen LogP contribution in [0.3, 0.4) is 0 Å². The number of ketones is 1. The Morgan fingerprint density at radius 2 is 1.41 bits per heavy atom. The van der Waals surface area contributed by atoms with Crippen LogP contribution < -0.4 is 0 Å². The zero-order chi connectivity index (χ0) is 13.1. The summed E-state index contributed by atoms with van der Waals surface area (Å²) >= 11 is 0. The van der Waals surface area contributed by atoms with E-state index in [-0.39, 0.29) is 5.78 Å². The van der Waals surface area contributed by atoms with Crippen LogP contribution in [0.1, 0.15) is 47.0 Å². The van der Waals surface area contributed by atoms with Crippen LogP contribution in [-0.4, -0.2) is 34.4 Å². The molecule has 0 bridgehead atoms. The van der Waals surface area contributed by atoms with E-state index >= 15 is 0 Å². The van der Waals surface area contributed by atoms with Gasteiger partial charge in [0.1, 0.15) is 5.78 Å². The van der Waals surface area contributed by atoms with Crippen molar-refractivity contribution in [1.29, 1.82) is 0 Å². The Kier molecular flexibility index (Phi) is 9.63. The second kappa shape index (κ2) is 9.76. The molecule has 0 amide bonds. The number of unbranched alkanes of at least 4 members (excludes halogenated alkanes) is 1. The highest BCUT2D eigenvalue weighted by Crippen LogP contribution is 2.19. The van der Waals surface area contributed by atoms with Crippen molar-refractivity contribution in [2.75, 3.05) is 19.8 Å². The maximum Gasteiger partial charge on any atom is 0.500 e. The average molecular weight is 262 g/mol. The lowest BCUT2D eigenvalue weighted by molar-refractivity contribution is -0.117. The Bertz CT molecular complexity index is 192. The summed E-state index contributed by atoms with van der Waals surface area (Å²) in [7, 11) is -2.48. The van der Waals surface area contributed by atoms with Crippen LogP contribution >= 0.6 is 0 Å². The lowest BCUT2D eigenvalue weighted by atomic mass is 10.2. The predicted molar refractivity (Wildman–Crippen MR) is 70.0 cm³/mol. The van der Waals surface area contributed by atoms with Crippen molar-refractivity contribution in [3.8, 4) is 0 Å². The first-order chi connectivity index (χ1) is 8.10. The van der Waals surface area contributed by atoms with Crippen LogP contribution in [0.15, 0.2) is 0 Å². The quantitative estimate of drug-likeness (QED) is 0.424. The molecule has 0 aromatic rings. The van der Waals surface area contributed by atoms with Gasteiger partial charge in [-0.1, -0.05) is 0 Å². The molecule has 0 aromatic carbocycles. The molecule has 4 nitrogen and oxygen atoms in total. The second-order valence-electron chi connectivity index (χ2n) is 3.89. The number of rotatable bonds is 11. The summed E-state index contributed by atoms with van der Waals surface area (Å²) in [5, 5.41) is 0. The topological polar surface area (TPSA) is 44.8 Å². The molecule has 0 aliphatic carbocycles. The van der Waals surface area contributed by atoms with Crippen LogP contribution in [0.4, 0.5) is 0 Å². The summed E-state index contributed by atoms with van der Waals surface area (Å²) in [6.45, 7) is 9.31. The monoisotopic (exact) mass is 262 g/mol. The number of carbonyl (C=O) groups is 1. The minimum Gasteiger partial charge on any atom is -0.374 e. The molecule has 0 rings (SSSR count). The minimum absolute atomic E-state index is 0.237. The van der Waals surface area contributed by atoms with Crippen molar-refractivity contribution in [3.63, 3.8) is 0 Å². The Balaban J connectivity index is 4.18. The highest BCUT2D eigenvalue weighted by atomic mass is 28.4. The highest BCUT2D eigenvalue weighted by molar-refractivity contribution is 6.60. The van der Waals surface area contributed by atoms with E-state index in [0.717, 1.165) is 18.9 Å². The maximum absolute atomic E-state index is 10.9. The largest absolute Gasteiger partial charge is 0.500 e. The third kappa shape index (κ3) is 7.65. The first-order valence-corrected chi connectivity index (χ1v) is 8.44. The first-order valence-electron chi connectivity index (χ1n) is 6.51. The Morgan fingerprint density at radius 1 is 0.941 bits per heavy atom. The lowest BCUT2D eigenvalue weighted by Crippen LogP contribution is -2.45. The van der Waals surface area contributed by atoms with E-state index in [9.17, 15) is 4.79 Å². The molecule has 0 aliphatic rings. The summed E-state index contributed by atoms with van der Waals surface area (Å²) in [5.41, 5.74) is 0. The normalized spacial score (nSPS) is 11.8. The molecule has 0 saturated heterocycles. The summed E-state index contributed by atoms with van der Waals surface area (Å²) in [5.74, 6) is 0.237. The standard InChI is InChI=1S/C12H26O4Si/c1-5-14-17(15-6-2,16-7-3)11-9-8-10-12(4)13/h5-11H2,1-4H3. The zero-order valence-corrected chi connectivity index (χ0v) is 12.6. The van der Waals surface area contributed by atoms with Crippen molar-refractivity contribution in [2.45, 2.75) is 53.0 Å². The molecule has 102 valence electrons. The number of hydrogen-bond acceptors (Lipinski definition) is 4.